The predicted molar refractivity (Wildman–Crippen MR) is 141 cm³/mol. The number of aryl methyl sites for hydroxylation is 1. The number of methoxy groups -OCH3 is 1. The standard InChI is InChI=1S/C29H21ClN2O6/c1-16-13-24(31-38-16)32-26(25-27(33)19-8-4-6-10-21(19)37-28(25)29(32)34)17-11-12-22(23(14-17)35-2)36-15-18-7-3-5-9-20(18)30/h3-14,26H,15H2,1-2H3. The summed E-state index contributed by atoms with van der Waals surface area (Å²) in [6.07, 6.45) is 0. The van der Waals surface area contributed by atoms with E-state index in [-0.39, 0.29) is 29.2 Å². The highest BCUT2D eigenvalue weighted by Gasteiger charge is 2.45. The zero-order valence-corrected chi connectivity index (χ0v) is 21.2. The Morgan fingerprint density at radius 2 is 1.79 bits per heavy atom. The van der Waals surface area contributed by atoms with E-state index in [0.717, 1.165) is 5.56 Å². The first-order valence-corrected chi connectivity index (χ1v) is 12.2. The van der Waals surface area contributed by atoms with E-state index in [1.54, 1.807) is 61.5 Å². The van der Waals surface area contributed by atoms with E-state index >= 15 is 0 Å². The van der Waals surface area contributed by atoms with Crippen LogP contribution in [-0.2, 0) is 6.61 Å². The highest BCUT2D eigenvalue weighted by molar-refractivity contribution is 6.31. The zero-order valence-electron chi connectivity index (χ0n) is 20.4. The molecule has 1 atom stereocenters. The third kappa shape index (κ3) is 3.90. The highest BCUT2D eigenvalue weighted by atomic mass is 35.5. The Balaban J connectivity index is 1.47. The van der Waals surface area contributed by atoms with Gasteiger partial charge in [-0.2, -0.15) is 0 Å². The molecular weight excluding hydrogens is 508 g/mol. The molecule has 1 amide bonds. The number of carbonyl (C=O) groups is 1. The molecule has 8 nitrogen and oxygen atoms in total. The van der Waals surface area contributed by atoms with Crippen LogP contribution < -0.4 is 19.8 Å². The molecule has 1 unspecified atom stereocenters. The number of carbonyl (C=O) groups excluding carboxylic acids is 1. The summed E-state index contributed by atoms with van der Waals surface area (Å²) in [6.45, 7) is 1.96. The number of rotatable bonds is 6. The van der Waals surface area contributed by atoms with Crippen molar-refractivity contribution in [3.8, 4) is 11.5 Å². The summed E-state index contributed by atoms with van der Waals surface area (Å²) in [5, 5.41) is 5.04. The first-order chi connectivity index (χ1) is 18.5. The molecule has 3 aromatic carbocycles. The van der Waals surface area contributed by atoms with Crippen molar-refractivity contribution < 1.29 is 23.2 Å². The van der Waals surface area contributed by atoms with Gasteiger partial charge in [0.1, 0.15) is 18.0 Å². The number of benzene rings is 3. The zero-order chi connectivity index (χ0) is 26.4. The number of para-hydroxylation sites is 1. The number of ether oxygens (including phenoxy) is 2. The van der Waals surface area contributed by atoms with Crippen molar-refractivity contribution in [1.29, 1.82) is 0 Å². The van der Waals surface area contributed by atoms with E-state index in [4.69, 9.17) is 30.0 Å². The summed E-state index contributed by atoms with van der Waals surface area (Å²) in [7, 11) is 1.52. The van der Waals surface area contributed by atoms with E-state index in [1.165, 1.54) is 12.0 Å². The lowest BCUT2D eigenvalue weighted by Gasteiger charge is -2.23. The number of nitrogens with zero attached hydrogens (tertiary/aromatic N) is 2. The van der Waals surface area contributed by atoms with Crippen LogP contribution in [0.1, 0.15) is 39.0 Å². The Kier molecular flexibility index (Phi) is 5.88. The molecule has 2 aromatic heterocycles. The summed E-state index contributed by atoms with van der Waals surface area (Å²) in [6, 6.07) is 20.3. The molecule has 0 N–H and O–H groups in total. The van der Waals surface area contributed by atoms with Crippen LogP contribution in [0.2, 0.25) is 5.02 Å². The molecule has 190 valence electrons. The van der Waals surface area contributed by atoms with Gasteiger partial charge in [-0.15, -0.1) is 0 Å². The molecule has 0 fully saturated rings. The number of halogens is 1. The number of hydrogen-bond donors (Lipinski definition) is 0. The van der Waals surface area contributed by atoms with Crippen LogP contribution in [0.3, 0.4) is 0 Å². The molecule has 9 heteroatoms. The number of aromatic nitrogens is 1. The van der Waals surface area contributed by atoms with Crippen LogP contribution in [0.25, 0.3) is 11.0 Å². The molecule has 1 aliphatic heterocycles. The summed E-state index contributed by atoms with van der Waals surface area (Å²) in [4.78, 5) is 28.7. The topological polar surface area (TPSA) is 95.0 Å². The Morgan fingerprint density at radius 3 is 2.55 bits per heavy atom. The number of hydrogen-bond acceptors (Lipinski definition) is 7. The van der Waals surface area contributed by atoms with Crippen molar-refractivity contribution in [3.63, 3.8) is 0 Å². The molecule has 0 aliphatic carbocycles. The lowest BCUT2D eigenvalue weighted by atomic mass is 9.98. The van der Waals surface area contributed by atoms with E-state index < -0.39 is 11.9 Å². The second-order valence-corrected chi connectivity index (χ2v) is 9.24. The predicted octanol–water partition coefficient (Wildman–Crippen LogP) is 6.08. The molecular formula is C29H21ClN2O6. The molecule has 0 spiro atoms. The fourth-order valence-corrected chi connectivity index (χ4v) is 4.87. The van der Waals surface area contributed by atoms with Gasteiger partial charge in [0.15, 0.2) is 22.7 Å². The quantitative estimate of drug-likeness (QED) is 0.263. The lowest BCUT2D eigenvalue weighted by molar-refractivity contribution is 0.0969. The van der Waals surface area contributed by atoms with Crippen LogP contribution in [0.4, 0.5) is 5.82 Å². The van der Waals surface area contributed by atoms with Gasteiger partial charge >= 0.3 is 0 Å². The maximum Gasteiger partial charge on any atom is 0.296 e. The smallest absolute Gasteiger partial charge is 0.296 e. The SMILES string of the molecule is COc1cc(C2c3c(oc4ccccc4c3=O)C(=O)N2c2cc(C)on2)ccc1OCc1ccccc1Cl. The minimum Gasteiger partial charge on any atom is -0.493 e. The van der Waals surface area contributed by atoms with Gasteiger partial charge < -0.3 is 18.4 Å². The van der Waals surface area contributed by atoms with Gasteiger partial charge in [-0.3, -0.25) is 14.5 Å². The highest BCUT2D eigenvalue weighted by Crippen LogP contribution is 2.43. The van der Waals surface area contributed by atoms with E-state index in [0.29, 0.717) is 38.8 Å². The van der Waals surface area contributed by atoms with E-state index in [2.05, 4.69) is 5.16 Å². The van der Waals surface area contributed by atoms with Crippen LogP contribution in [-0.4, -0.2) is 18.2 Å². The Labute approximate surface area is 221 Å². The Bertz CT molecular complexity index is 1760. The van der Waals surface area contributed by atoms with Crippen molar-refractivity contribution in [1.82, 2.24) is 5.16 Å². The lowest BCUT2D eigenvalue weighted by Crippen LogP contribution is -2.29. The molecule has 38 heavy (non-hydrogen) atoms. The molecule has 3 heterocycles. The fraction of sp³-hybridized carbons (Fsp3) is 0.138. The van der Waals surface area contributed by atoms with Gasteiger partial charge in [0.2, 0.25) is 5.76 Å². The molecule has 1 aliphatic rings. The average molecular weight is 529 g/mol. The van der Waals surface area contributed by atoms with Crippen molar-refractivity contribution >= 4 is 34.3 Å². The molecule has 5 aromatic rings. The van der Waals surface area contributed by atoms with E-state index in [9.17, 15) is 9.59 Å². The largest absolute Gasteiger partial charge is 0.493 e. The third-order valence-corrected chi connectivity index (χ3v) is 6.85. The number of anilines is 1. The molecule has 0 radical (unpaired) electrons. The molecule has 6 rings (SSSR count). The van der Waals surface area contributed by atoms with Crippen molar-refractivity contribution in [3.05, 3.63) is 116 Å². The van der Waals surface area contributed by atoms with E-state index in [1.807, 2.05) is 18.2 Å². The molecule has 0 saturated carbocycles. The van der Waals surface area contributed by atoms with Crippen LogP contribution >= 0.6 is 11.6 Å². The number of amides is 1. The monoisotopic (exact) mass is 528 g/mol. The molecule has 0 bridgehead atoms. The Hall–Kier alpha value is -4.56. The van der Waals surface area contributed by atoms with Crippen molar-refractivity contribution in [2.75, 3.05) is 12.0 Å². The second-order valence-electron chi connectivity index (χ2n) is 8.83. The minimum atomic E-state index is -0.825. The van der Waals surface area contributed by atoms with Gasteiger partial charge in [-0.1, -0.05) is 53.2 Å². The van der Waals surface area contributed by atoms with Gasteiger partial charge in [0.25, 0.3) is 5.91 Å². The second kappa shape index (κ2) is 9.39. The van der Waals surface area contributed by atoms with Gasteiger partial charge in [-0.25, -0.2) is 0 Å². The van der Waals surface area contributed by atoms with Crippen LogP contribution in [0.5, 0.6) is 11.5 Å². The summed E-state index contributed by atoms with van der Waals surface area (Å²) < 4.78 is 22.9. The maximum atomic E-state index is 13.7. The van der Waals surface area contributed by atoms with Crippen molar-refractivity contribution in [2.24, 2.45) is 0 Å². The summed E-state index contributed by atoms with van der Waals surface area (Å²) in [5.41, 5.74) is 1.71. The fourth-order valence-electron chi connectivity index (χ4n) is 4.68. The average Bonchev–Trinajstić information content (AvgIpc) is 3.49. The Morgan fingerprint density at radius 1 is 1.00 bits per heavy atom. The molecule has 0 saturated heterocycles. The third-order valence-electron chi connectivity index (χ3n) is 6.48. The van der Waals surface area contributed by atoms with Gasteiger partial charge in [-0.05, 0) is 42.8 Å². The van der Waals surface area contributed by atoms with Gasteiger partial charge in [0, 0.05) is 16.7 Å². The first kappa shape index (κ1) is 23.8. The summed E-state index contributed by atoms with van der Waals surface area (Å²) in [5.74, 6) is 1.18. The minimum absolute atomic E-state index is 0.0302. The maximum absolute atomic E-state index is 13.7. The number of fused-ring (bicyclic) bond motifs is 2. The van der Waals surface area contributed by atoms with Crippen molar-refractivity contribution in [2.45, 2.75) is 19.6 Å². The normalized spacial score (nSPS) is 14.7. The van der Waals surface area contributed by atoms with Crippen LogP contribution in [0.15, 0.2) is 86.5 Å². The summed E-state index contributed by atoms with van der Waals surface area (Å²) >= 11 is 6.27. The first-order valence-electron chi connectivity index (χ1n) is 11.8. The van der Waals surface area contributed by atoms with Gasteiger partial charge in [0.05, 0.1) is 24.1 Å². The van der Waals surface area contributed by atoms with Crippen LogP contribution in [0, 0.1) is 6.92 Å².